The average molecular weight is 556 g/mol. The molecule has 1 aliphatic rings. The maximum absolute atomic E-state index is 13.2. The molecule has 1 saturated heterocycles. The predicted octanol–water partition coefficient (Wildman–Crippen LogP) is 7.74. The molecule has 1 amide bonds. The van der Waals surface area contributed by atoms with E-state index in [4.69, 9.17) is 27.9 Å². The second-order valence-electron chi connectivity index (χ2n) is 8.70. The third kappa shape index (κ3) is 6.91. The summed E-state index contributed by atoms with van der Waals surface area (Å²) in [6, 6.07) is 18.6. The van der Waals surface area contributed by atoms with Crippen LogP contribution in [0.2, 0.25) is 10.0 Å². The number of aliphatic imine (C=N–C) groups is 1. The Balaban J connectivity index is 1.52. The Morgan fingerprint density at radius 1 is 1.11 bits per heavy atom. The molecule has 1 fully saturated rings. The van der Waals surface area contributed by atoms with Gasteiger partial charge in [0.15, 0.2) is 5.17 Å². The lowest BCUT2D eigenvalue weighted by Gasteiger charge is -2.17. The Bertz CT molecular complexity index is 1390. The molecule has 7 nitrogen and oxygen atoms in total. The van der Waals surface area contributed by atoms with Gasteiger partial charge >= 0.3 is 0 Å². The summed E-state index contributed by atoms with van der Waals surface area (Å²) in [7, 11) is 0. The minimum atomic E-state index is -0.449. The number of hydrogen-bond donors (Lipinski definition) is 0. The van der Waals surface area contributed by atoms with Crippen molar-refractivity contribution in [1.29, 1.82) is 0 Å². The van der Waals surface area contributed by atoms with Gasteiger partial charge in [-0.05, 0) is 71.3 Å². The molecule has 3 aromatic rings. The zero-order chi connectivity index (χ0) is 26.5. The third-order valence-electron chi connectivity index (χ3n) is 5.26. The maximum atomic E-state index is 13.2. The van der Waals surface area contributed by atoms with Gasteiger partial charge in [0.2, 0.25) is 0 Å². The van der Waals surface area contributed by atoms with Crippen molar-refractivity contribution >= 4 is 63.5 Å². The van der Waals surface area contributed by atoms with Gasteiger partial charge in [0.05, 0.1) is 20.5 Å². The molecule has 0 spiro atoms. The largest absolute Gasteiger partial charge is 0.487 e. The number of ether oxygens (including phenoxy) is 1. The summed E-state index contributed by atoms with van der Waals surface area (Å²) in [5.41, 5.74) is 2.10. The van der Waals surface area contributed by atoms with Crippen LogP contribution in [0.3, 0.4) is 0 Å². The van der Waals surface area contributed by atoms with E-state index in [9.17, 15) is 14.9 Å². The molecule has 10 heteroatoms. The van der Waals surface area contributed by atoms with E-state index < -0.39 is 4.92 Å². The molecule has 0 unspecified atom stereocenters. The number of carbonyl (C=O) groups excluding carboxylic acids is 1. The standard InChI is InChI=1S/C27H23Cl2N3O4S/c1-17(2)15-31-26(33)25(37-27(31)30-21-9-7-20(28)8-10-21)14-18-6-11-24(23(29)13-18)36-16-19-4-3-5-22(12-19)32(34)35/h3-14,17H,15-16H2,1-2H3/b25-14-,30-27?. The van der Waals surface area contributed by atoms with E-state index in [0.29, 0.717) is 43.7 Å². The van der Waals surface area contributed by atoms with Crippen LogP contribution in [0.1, 0.15) is 25.0 Å². The second-order valence-corrected chi connectivity index (χ2v) is 10.5. The molecular weight excluding hydrogens is 533 g/mol. The Hall–Kier alpha value is -3.33. The highest BCUT2D eigenvalue weighted by Crippen LogP contribution is 2.36. The molecule has 1 heterocycles. The van der Waals surface area contributed by atoms with Gasteiger partial charge in [0, 0.05) is 23.7 Å². The lowest BCUT2D eigenvalue weighted by atomic mass is 10.2. The minimum absolute atomic E-state index is 0.00150. The lowest BCUT2D eigenvalue weighted by molar-refractivity contribution is -0.384. The lowest BCUT2D eigenvalue weighted by Crippen LogP contribution is -2.32. The maximum Gasteiger partial charge on any atom is 0.269 e. The number of nitro groups is 1. The number of rotatable bonds is 8. The van der Waals surface area contributed by atoms with Crippen molar-refractivity contribution in [2.24, 2.45) is 10.9 Å². The molecule has 0 aromatic heterocycles. The minimum Gasteiger partial charge on any atom is -0.487 e. The van der Waals surface area contributed by atoms with Gasteiger partial charge in [-0.1, -0.05) is 55.2 Å². The first-order chi connectivity index (χ1) is 17.7. The van der Waals surface area contributed by atoms with Crippen LogP contribution in [0.5, 0.6) is 5.75 Å². The first-order valence-electron chi connectivity index (χ1n) is 11.4. The fraction of sp³-hybridized carbons (Fsp3) is 0.185. The second kappa shape index (κ2) is 11.8. The van der Waals surface area contributed by atoms with Crippen LogP contribution in [0.15, 0.2) is 76.6 Å². The Labute approximate surface area is 228 Å². The van der Waals surface area contributed by atoms with Crippen molar-refractivity contribution in [2.75, 3.05) is 6.54 Å². The molecule has 0 radical (unpaired) electrons. The van der Waals surface area contributed by atoms with Crippen molar-refractivity contribution in [3.05, 3.63) is 103 Å². The Kier molecular flexibility index (Phi) is 8.53. The SMILES string of the molecule is CC(C)CN1C(=O)/C(=C/c2ccc(OCc3cccc([N+](=O)[O-])c3)c(Cl)c2)SC1=Nc1ccc(Cl)cc1. The highest BCUT2D eigenvalue weighted by molar-refractivity contribution is 8.18. The first kappa shape index (κ1) is 26.7. The third-order valence-corrected chi connectivity index (χ3v) is 6.81. The highest BCUT2D eigenvalue weighted by atomic mass is 35.5. The normalized spacial score (nSPS) is 15.7. The van der Waals surface area contributed by atoms with Crippen LogP contribution in [0.4, 0.5) is 11.4 Å². The number of nitro benzene ring substituents is 1. The number of amides is 1. The monoisotopic (exact) mass is 555 g/mol. The van der Waals surface area contributed by atoms with Crippen molar-refractivity contribution in [1.82, 2.24) is 4.90 Å². The highest BCUT2D eigenvalue weighted by Gasteiger charge is 2.33. The average Bonchev–Trinajstić information content (AvgIpc) is 3.13. The Morgan fingerprint density at radius 2 is 1.86 bits per heavy atom. The zero-order valence-corrected chi connectivity index (χ0v) is 22.4. The van der Waals surface area contributed by atoms with E-state index >= 15 is 0 Å². The van der Waals surface area contributed by atoms with Crippen LogP contribution in [0.25, 0.3) is 6.08 Å². The van der Waals surface area contributed by atoms with Crippen LogP contribution in [0, 0.1) is 16.0 Å². The molecule has 0 N–H and O–H groups in total. The topological polar surface area (TPSA) is 85.0 Å². The molecule has 1 aliphatic heterocycles. The molecule has 3 aromatic carbocycles. The fourth-order valence-electron chi connectivity index (χ4n) is 3.54. The molecule has 190 valence electrons. The summed E-state index contributed by atoms with van der Waals surface area (Å²) in [6.07, 6.45) is 1.78. The van der Waals surface area contributed by atoms with E-state index in [-0.39, 0.29) is 24.1 Å². The number of thioether (sulfide) groups is 1. The first-order valence-corrected chi connectivity index (χ1v) is 13.0. The van der Waals surface area contributed by atoms with Gasteiger partial charge < -0.3 is 4.74 Å². The van der Waals surface area contributed by atoms with E-state index in [2.05, 4.69) is 4.99 Å². The van der Waals surface area contributed by atoms with Gasteiger partial charge in [0.1, 0.15) is 12.4 Å². The predicted molar refractivity (Wildman–Crippen MR) is 150 cm³/mol. The Morgan fingerprint density at radius 3 is 2.54 bits per heavy atom. The van der Waals surface area contributed by atoms with E-state index in [0.717, 1.165) is 5.56 Å². The van der Waals surface area contributed by atoms with Gasteiger partial charge in [0.25, 0.3) is 11.6 Å². The van der Waals surface area contributed by atoms with Crippen molar-refractivity contribution in [3.8, 4) is 5.75 Å². The van der Waals surface area contributed by atoms with E-state index in [1.807, 2.05) is 26.0 Å². The van der Waals surface area contributed by atoms with Gasteiger partial charge in [-0.3, -0.25) is 19.8 Å². The zero-order valence-electron chi connectivity index (χ0n) is 20.1. The van der Waals surface area contributed by atoms with E-state index in [1.165, 1.54) is 23.9 Å². The number of non-ortho nitro benzene ring substituents is 1. The number of hydrogen-bond acceptors (Lipinski definition) is 6. The van der Waals surface area contributed by atoms with E-state index in [1.54, 1.807) is 53.4 Å². The molecule has 4 rings (SSSR count). The van der Waals surface area contributed by atoms with Crippen molar-refractivity contribution in [2.45, 2.75) is 20.5 Å². The van der Waals surface area contributed by atoms with Crippen LogP contribution < -0.4 is 4.74 Å². The summed E-state index contributed by atoms with van der Waals surface area (Å²) in [5, 5.41) is 12.6. The number of benzene rings is 3. The summed E-state index contributed by atoms with van der Waals surface area (Å²) in [5.74, 6) is 0.580. The quantitative estimate of drug-likeness (QED) is 0.161. The summed E-state index contributed by atoms with van der Waals surface area (Å²) in [6.45, 7) is 4.77. The van der Waals surface area contributed by atoms with Crippen LogP contribution >= 0.6 is 35.0 Å². The summed E-state index contributed by atoms with van der Waals surface area (Å²) < 4.78 is 5.77. The molecule has 37 heavy (non-hydrogen) atoms. The molecular formula is C27H23Cl2N3O4S. The number of halogens is 2. The number of amidine groups is 1. The van der Waals surface area contributed by atoms with Crippen molar-refractivity contribution < 1.29 is 14.5 Å². The van der Waals surface area contributed by atoms with Gasteiger partial charge in [-0.2, -0.15) is 0 Å². The number of carbonyl (C=O) groups is 1. The number of nitrogens with zero attached hydrogens (tertiary/aromatic N) is 3. The van der Waals surface area contributed by atoms with Crippen LogP contribution in [-0.2, 0) is 11.4 Å². The smallest absolute Gasteiger partial charge is 0.269 e. The fourth-order valence-corrected chi connectivity index (χ4v) is 4.92. The molecule has 0 aliphatic carbocycles. The van der Waals surface area contributed by atoms with Gasteiger partial charge in [-0.15, -0.1) is 0 Å². The molecule has 0 saturated carbocycles. The molecule has 0 atom stereocenters. The van der Waals surface area contributed by atoms with Gasteiger partial charge in [-0.25, -0.2) is 4.99 Å². The summed E-state index contributed by atoms with van der Waals surface area (Å²) >= 11 is 13.7. The summed E-state index contributed by atoms with van der Waals surface area (Å²) in [4.78, 5) is 30.6. The molecule has 0 bridgehead atoms. The van der Waals surface area contributed by atoms with Crippen LogP contribution in [-0.4, -0.2) is 27.4 Å². The van der Waals surface area contributed by atoms with Crippen molar-refractivity contribution in [3.63, 3.8) is 0 Å².